The first-order valence-electron chi connectivity index (χ1n) is 2.35. The molecule has 4 heteroatoms. The van der Waals surface area contributed by atoms with Gasteiger partial charge in [-0.2, -0.15) is 4.98 Å². The third kappa shape index (κ3) is 1.28. The number of aromatic nitrogens is 1. The summed E-state index contributed by atoms with van der Waals surface area (Å²) in [6, 6.07) is 0. The highest BCUT2D eigenvalue weighted by Crippen LogP contribution is 2.06. The molecule has 0 bridgehead atoms. The van der Waals surface area contributed by atoms with Crippen molar-refractivity contribution in [1.29, 1.82) is 0 Å². The molecule has 0 aliphatic rings. The van der Waals surface area contributed by atoms with Gasteiger partial charge in [0.25, 0.3) is 12.4 Å². The molecule has 4 nitrogen and oxygen atoms in total. The zero-order valence-electron chi connectivity index (χ0n) is 4.83. The summed E-state index contributed by atoms with van der Waals surface area (Å²) in [5.41, 5.74) is 0. The van der Waals surface area contributed by atoms with Crippen LogP contribution in [0.1, 0.15) is 5.89 Å². The summed E-state index contributed by atoms with van der Waals surface area (Å²) >= 11 is 0. The molecule has 0 N–H and O–H groups in total. The number of carbonyl (C=O) groups is 1. The van der Waals surface area contributed by atoms with Gasteiger partial charge in [0, 0.05) is 6.92 Å². The maximum atomic E-state index is 9.68. The normalized spacial score (nSPS) is 9.00. The maximum Gasteiger partial charge on any atom is 0.299 e. The predicted octanol–water partition coefficient (Wildman–Crippen LogP) is 0.518. The SMILES string of the molecule is Cc1nc(OC=O)co1. The molecule has 0 spiro atoms. The van der Waals surface area contributed by atoms with E-state index in [9.17, 15) is 4.79 Å². The predicted molar refractivity (Wildman–Crippen MR) is 27.9 cm³/mol. The standard InChI is InChI=1S/C5H5NO3/c1-4-6-5(2-8-4)9-3-7/h2-3H,1H3. The Bertz CT molecular complexity index is 206. The topological polar surface area (TPSA) is 52.3 Å². The molecule has 1 heterocycles. The molecule has 0 radical (unpaired) electrons. The Morgan fingerprint density at radius 3 is 3.11 bits per heavy atom. The Labute approximate surface area is 51.5 Å². The highest BCUT2D eigenvalue weighted by Gasteiger charge is 1.96. The van der Waals surface area contributed by atoms with Crippen LogP contribution in [0.15, 0.2) is 10.7 Å². The van der Waals surface area contributed by atoms with Crippen molar-refractivity contribution in [1.82, 2.24) is 4.98 Å². The van der Waals surface area contributed by atoms with Crippen LogP contribution in [0, 0.1) is 6.92 Å². The van der Waals surface area contributed by atoms with Gasteiger partial charge in [-0.15, -0.1) is 0 Å². The van der Waals surface area contributed by atoms with Gasteiger partial charge in [0.2, 0.25) is 0 Å². The summed E-state index contributed by atoms with van der Waals surface area (Å²) in [4.78, 5) is 13.4. The summed E-state index contributed by atoms with van der Waals surface area (Å²) in [6.45, 7) is 1.97. The number of hydrogen-bond acceptors (Lipinski definition) is 4. The van der Waals surface area contributed by atoms with Crippen LogP contribution in [0.4, 0.5) is 0 Å². The lowest BCUT2D eigenvalue weighted by Crippen LogP contribution is -1.87. The van der Waals surface area contributed by atoms with Crippen LogP contribution in [0.25, 0.3) is 0 Å². The van der Waals surface area contributed by atoms with Gasteiger partial charge >= 0.3 is 0 Å². The van der Waals surface area contributed by atoms with Gasteiger partial charge in [0.15, 0.2) is 12.2 Å². The van der Waals surface area contributed by atoms with Crippen molar-refractivity contribution >= 4 is 6.47 Å². The van der Waals surface area contributed by atoms with E-state index in [1.54, 1.807) is 6.92 Å². The van der Waals surface area contributed by atoms with E-state index in [1.807, 2.05) is 0 Å². The Kier molecular flexibility index (Phi) is 1.48. The van der Waals surface area contributed by atoms with E-state index < -0.39 is 0 Å². The molecular weight excluding hydrogens is 122 g/mol. The molecule has 0 aliphatic carbocycles. The Hall–Kier alpha value is -1.32. The largest absolute Gasteiger partial charge is 0.445 e. The second kappa shape index (κ2) is 2.30. The quantitative estimate of drug-likeness (QED) is 0.543. The van der Waals surface area contributed by atoms with Gasteiger partial charge in [0.1, 0.15) is 0 Å². The lowest BCUT2D eigenvalue weighted by molar-refractivity contribution is -0.120. The highest BCUT2D eigenvalue weighted by molar-refractivity contribution is 5.42. The van der Waals surface area contributed by atoms with E-state index in [-0.39, 0.29) is 5.88 Å². The molecule has 0 saturated carbocycles. The van der Waals surface area contributed by atoms with E-state index >= 15 is 0 Å². The van der Waals surface area contributed by atoms with Crippen molar-refractivity contribution in [3.8, 4) is 5.88 Å². The molecule has 0 aliphatic heterocycles. The molecule has 1 aromatic heterocycles. The van der Waals surface area contributed by atoms with Crippen LogP contribution in [0.2, 0.25) is 0 Å². The monoisotopic (exact) mass is 127 g/mol. The molecule has 0 unspecified atom stereocenters. The second-order valence-electron chi connectivity index (χ2n) is 1.42. The number of hydrogen-bond donors (Lipinski definition) is 0. The zero-order valence-corrected chi connectivity index (χ0v) is 4.83. The number of oxazole rings is 1. The van der Waals surface area contributed by atoms with Gasteiger partial charge < -0.3 is 9.15 Å². The summed E-state index contributed by atoms with van der Waals surface area (Å²) in [7, 11) is 0. The fourth-order valence-corrected chi connectivity index (χ4v) is 0.447. The average Bonchev–Trinajstić information content (AvgIpc) is 2.17. The third-order valence-electron chi connectivity index (χ3n) is 0.767. The van der Waals surface area contributed by atoms with E-state index in [4.69, 9.17) is 4.42 Å². The van der Waals surface area contributed by atoms with Crippen molar-refractivity contribution in [2.45, 2.75) is 6.92 Å². The van der Waals surface area contributed by atoms with E-state index in [2.05, 4.69) is 9.72 Å². The molecule has 0 fully saturated rings. The molecule has 0 atom stereocenters. The number of rotatable bonds is 2. The minimum Gasteiger partial charge on any atom is -0.445 e. The van der Waals surface area contributed by atoms with Crippen LogP contribution in [0.5, 0.6) is 5.88 Å². The van der Waals surface area contributed by atoms with Crippen LogP contribution in [-0.4, -0.2) is 11.5 Å². The minimum atomic E-state index is 0.197. The molecule has 0 aromatic carbocycles. The van der Waals surface area contributed by atoms with Crippen molar-refractivity contribution < 1.29 is 13.9 Å². The van der Waals surface area contributed by atoms with E-state index in [0.29, 0.717) is 12.4 Å². The van der Waals surface area contributed by atoms with Gasteiger partial charge in [-0.05, 0) is 0 Å². The lowest BCUT2D eigenvalue weighted by Gasteiger charge is -1.81. The Morgan fingerprint density at radius 1 is 1.89 bits per heavy atom. The molecule has 0 saturated heterocycles. The second-order valence-corrected chi connectivity index (χ2v) is 1.42. The molecule has 0 amide bonds. The number of aryl methyl sites for hydroxylation is 1. The number of ether oxygens (including phenoxy) is 1. The first-order chi connectivity index (χ1) is 4.33. The number of nitrogens with zero attached hydrogens (tertiary/aromatic N) is 1. The lowest BCUT2D eigenvalue weighted by atomic mass is 10.8. The van der Waals surface area contributed by atoms with Gasteiger partial charge in [-0.3, -0.25) is 4.79 Å². The minimum absolute atomic E-state index is 0.197. The number of carbonyl (C=O) groups excluding carboxylic acids is 1. The summed E-state index contributed by atoms with van der Waals surface area (Å²) < 4.78 is 9.06. The zero-order chi connectivity index (χ0) is 6.69. The van der Waals surface area contributed by atoms with Crippen molar-refractivity contribution in [3.63, 3.8) is 0 Å². The van der Waals surface area contributed by atoms with Crippen molar-refractivity contribution in [2.75, 3.05) is 0 Å². The smallest absolute Gasteiger partial charge is 0.299 e. The highest BCUT2D eigenvalue weighted by atomic mass is 16.5. The maximum absolute atomic E-state index is 9.68. The molecular formula is C5H5NO3. The first-order valence-corrected chi connectivity index (χ1v) is 2.35. The molecule has 9 heavy (non-hydrogen) atoms. The van der Waals surface area contributed by atoms with Gasteiger partial charge in [-0.1, -0.05) is 0 Å². The Balaban J connectivity index is 2.72. The van der Waals surface area contributed by atoms with Crippen molar-refractivity contribution in [3.05, 3.63) is 12.2 Å². The molecule has 48 valence electrons. The van der Waals surface area contributed by atoms with Crippen LogP contribution >= 0.6 is 0 Å². The van der Waals surface area contributed by atoms with Gasteiger partial charge in [-0.25, -0.2) is 0 Å². The van der Waals surface area contributed by atoms with Crippen molar-refractivity contribution in [2.24, 2.45) is 0 Å². The fourth-order valence-electron chi connectivity index (χ4n) is 0.447. The van der Waals surface area contributed by atoms with Gasteiger partial charge in [0.05, 0.1) is 0 Å². The van der Waals surface area contributed by atoms with E-state index in [0.717, 1.165) is 0 Å². The Morgan fingerprint density at radius 2 is 2.67 bits per heavy atom. The van der Waals surface area contributed by atoms with Crippen LogP contribution in [0.3, 0.4) is 0 Å². The van der Waals surface area contributed by atoms with Crippen LogP contribution in [-0.2, 0) is 4.79 Å². The summed E-state index contributed by atoms with van der Waals surface area (Å²) in [5.74, 6) is 0.675. The fraction of sp³-hybridized carbons (Fsp3) is 0.200. The molecule has 1 aromatic rings. The third-order valence-corrected chi connectivity index (χ3v) is 0.767. The average molecular weight is 127 g/mol. The first kappa shape index (κ1) is 5.81. The summed E-state index contributed by atoms with van der Waals surface area (Å²) in [6.07, 6.45) is 1.27. The molecule has 1 rings (SSSR count). The summed E-state index contributed by atoms with van der Waals surface area (Å²) in [5, 5.41) is 0. The van der Waals surface area contributed by atoms with Crippen LogP contribution < -0.4 is 4.74 Å². The van der Waals surface area contributed by atoms with E-state index in [1.165, 1.54) is 6.26 Å².